The molecule has 0 amide bonds. The molecule has 0 aromatic carbocycles. The Bertz CT molecular complexity index is 257. The molecule has 0 aliphatic carbocycles. The molecule has 0 aromatic rings. The number of hydrogen-bond acceptors (Lipinski definition) is 7. The van der Waals surface area contributed by atoms with Crippen molar-refractivity contribution in [1.29, 1.82) is 0 Å². The second kappa shape index (κ2) is 12.5. The third kappa shape index (κ3) is 8.82. The molecule has 10 heteroatoms. The smallest absolute Gasteiger partial charge is 0.436 e. The Hall–Kier alpha value is -0.0852. The molecule has 7 nitrogen and oxygen atoms in total. The fourth-order valence-electron chi connectivity index (χ4n) is 1.92. The van der Waals surface area contributed by atoms with Crippen molar-refractivity contribution in [3.63, 3.8) is 0 Å². The molecule has 2 atom stereocenters. The van der Waals surface area contributed by atoms with Gasteiger partial charge in [-0.05, 0) is 33.0 Å². The number of hydrogen-bond donors (Lipinski definition) is 5. The van der Waals surface area contributed by atoms with Gasteiger partial charge in [0, 0.05) is 0 Å². The van der Waals surface area contributed by atoms with Crippen LogP contribution in [0, 0.1) is 0 Å². The molecule has 0 aliphatic heterocycles. The van der Waals surface area contributed by atoms with Crippen LogP contribution in [0.15, 0.2) is 0 Å². The van der Waals surface area contributed by atoms with Crippen molar-refractivity contribution < 1.29 is 19.4 Å². The summed E-state index contributed by atoms with van der Waals surface area (Å²) in [4.78, 5) is 0. The molecular weight excluding hydrogens is 271 g/mol. The summed E-state index contributed by atoms with van der Waals surface area (Å²) in [5.74, 6) is 0. The van der Waals surface area contributed by atoms with Crippen LogP contribution >= 0.6 is 0 Å². The summed E-state index contributed by atoms with van der Waals surface area (Å²) in [5, 5.41) is 28.5. The van der Waals surface area contributed by atoms with E-state index in [1.807, 2.05) is 27.7 Å². The average molecular weight is 301 g/mol. The Labute approximate surface area is 130 Å². The molecular formula is C11H30B3N3O4. The molecule has 0 bridgehead atoms. The lowest BCUT2D eigenvalue weighted by Gasteiger charge is -2.28. The maximum atomic E-state index is 9.89. The van der Waals surface area contributed by atoms with Crippen LogP contribution in [0.3, 0.4) is 0 Å². The quantitative estimate of drug-likeness (QED) is 0.280. The van der Waals surface area contributed by atoms with Crippen molar-refractivity contribution >= 4 is 21.4 Å². The van der Waals surface area contributed by atoms with Crippen LogP contribution in [0.1, 0.15) is 41.0 Å². The summed E-state index contributed by atoms with van der Waals surface area (Å²) in [6, 6.07) is -0.724. The first-order chi connectivity index (χ1) is 9.99. The zero-order valence-corrected chi connectivity index (χ0v) is 13.9. The van der Waals surface area contributed by atoms with Crippen LogP contribution in [0.25, 0.3) is 0 Å². The van der Waals surface area contributed by atoms with Gasteiger partial charge in [-0.15, -0.1) is 0 Å². The lowest BCUT2D eigenvalue weighted by Crippen LogP contribution is -2.57. The zero-order chi connectivity index (χ0) is 16.3. The Morgan fingerprint density at radius 2 is 1.48 bits per heavy atom. The molecule has 0 spiro atoms. The van der Waals surface area contributed by atoms with E-state index in [1.165, 1.54) is 0 Å². The van der Waals surface area contributed by atoms with Crippen LogP contribution in [-0.4, -0.2) is 63.0 Å². The molecule has 0 fully saturated rings. The molecule has 0 heterocycles. The van der Waals surface area contributed by atoms with E-state index in [0.717, 1.165) is 0 Å². The Morgan fingerprint density at radius 1 is 0.905 bits per heavy atom. The Morgan fingerprint density at radius 3 is 1.95 bits per heavy atom. The first-order valence-electron chi connectivity index (χ1n) is 7.87. The van der Waals surface area contributed by atoms with Crippen molar-refractivity contribution in [2.45, 2.75) is 53.0 Å². The van der Waals surface area contributed by atoms with Crippen molar-refractivity contribution in [2.24, 2.45) is 0 Å². The first-order valence-corrected chi connectivity index (χ1v) is 7.87. The molecule has 21 heavy (non-hydrogen) atoms. The summed E-state index contributed by atoms with van der Waals surface area (Å²) in [7, 11) is -2.18. The molecule has 5 N–H and O–H groups in total. The molecule has 0 rings (SSSR count). The van der Waals surface area contributed by atoms with E-state index < -0.39 is 27.4 Å². The van der Waals surface area contributed by atoms with Gasteiger partial charge in [0.2, 0.25) is 0 Å². The number of nitrogens with one attached hydrogen (secondary N) is 3. The van der Waals surface area contributed by atoms with Gasteiger partial charge in [0.1, 0.15) is 0 Å². The topological polar surface area (TPSA) is 95.0 Å². The predicted molar refractivity (Wildman–Crippen MR) is 88.4 cm³/mol. The molecule has 122 valence electrons. The minimum atomic E-state index is -1.03. The van der Waals surface area contributed by atoms with Crippen LogP contribution in [0.2, 0.25) is 0 Å². The highest BCUT2D eigenvalue weighted by Gasteiger charge is 2.34. The van der Waals surface area contributed by atoms with E-state index in [-0.39, 0.29) is 6.00 Å². The summed E-state index contributed by atoms with van der Waals surface area (Å²) in [6.45, 7) is 11.5. The van der Waals surface area contributed by atoms with E-state index >= 15 is 0 Å². The second-order valence-corrected chi connectivity index (χ2v) is 4.81. The maximum Gasteiger partial charge on any atom is 0.551 e. The minimum absolute atomic E-state index is 0.324. The maximum absolute atomic E-state index is 9.89. The normalized spacial score (nSPS) is 13.9. The molecule has 0 radical (unpaired) electrons. The summed E-state index contributed by atoms with van der Waals surface area (Å²) in [5.41, 5.74) is 0. The third-order valence-electron chi connectivity index (χ3n) is 3.05. The van der Waals surface area contributed by atoms with Gasteiger partial charge in [0.25, 0.3) is 0 Å². The van der Waals surface area contributed by atoms with Gasteiger partial charge in [0.05, 0.1) is 12.0 Å². The molecule has 0 saturated heterocycles. The van der Waals surface area contributed by atoms with E-state index in [1.54, 1.807) is 6.92 Å². The molecule has 0 saturated carbocycles. The van der Waals surface area contributed by atoms with Gasteiger partial charge in [-0.1, -0.05) is 27.7 Å². The van der Waals surface area contributed by atoms with Crippen molar-refractivity contribution in [1.82, 2.24) is 15.7 Å². The van der Waals surface area contributed by atoms with Gasteiger partial charge in [-0.3, -0.25) is 0 Å². The average Bonchev–Trinajstić information content (AvgIpc) is 2.44. The zero-order valence-electron chi connectivity index (χ0n) is 13.9. The van der Waals surface area contributed by atoms with Crippen molar-refractivity contribution in [3.05, 3.63) is 0 Å². The van der Waals surface area contributed by atoms with E-state index in [9.17, 15) is 10.0 Å². The molecule has 0 aromatic heterocycles. The van der Waals surface area contributed by atoms with Crippen LogP contribution in [0.4, 0.5) is 0 Å². The summed E-state index contributed by atoms with van der Waals surface area (Å²) < 4.78 is 11.4. The van der Waals surface area contributed by atoms with Crippen LogP contribution in [0.5, 0.6) is 0 Å². The fourth-order valence-corrected chi connectivity index (χ4v) is 1.92. The predicted octanol–water partition coefficient (Wildman–Crippen LogP) is -0.960. The third-order valence-corrected chi connectivity index (χ3v) is 3.05. The van der Waals surface area contributed by atoms with E-state index in [0.29, 0.717) is 26.1 Å². The highest BCUT2D eigenvalue weighted by Crippen LogP contribution is 2.07. The van der Waals surface area contributed by atoms with Crippen molar-refractivity contribution in [2.75, 3.05) is 19.6 Å². The van der Waals surface area contributed by atoms with Crippen LogP contribution in [-0.2, 0) is 9.31 Å². The highest BCUT2D eigenvalue weighted by molar-refractivity contribution is 6.55. The van der Waals surface area contributed by atoms with E-state index in [4.69, 9.17) is 9.31 Å². The lowest BCUT2D eigenvalue weighted by molar-refractivity contribution is 0.168. The second-order valence-electron chi connectivity index (χ2n) is 4.81. The van der Waals surface area contributed by atoms with E-state index in [2.05, 4.69) is 15.7 Å². The number of rotatable bonds is 13. The monoisotopic (exact) mass is 301 g/mol. The first kappa shape index (κ1) is 20.9. The Kier molecular flexibility index (Phi) is 12.4. The van der Waals surface area contributed by atoms with Gasteiger partial charge in [-0.25, -0.2) is 0 Å². The van der Waals surface area contributed by atoms with Gasteiger partial charge < -0.3 is 35.0 Å². The van der Waals surface area contributed by atoms with Gasteiger partial charge in [0.15, 0.2) is 0 Å². The SMILES string of the molecule is CCNB(O)OC(CC)B(NCC)OC(C)B(O)NCC. The minimum Gasteiger partial charge on any atom is -0.436 e. The lowest BCUT2D eigenvalue weighted by atomic mass is 9.69. The molecule has 0 aliphatic rings. The molecule has 2 unspecified atom stereocenters. The van der Waals surface area contributed by atoms with Gasteiger partial charge >= 0.3 is 21.4 Å². The highest BCUT2D eigenvalue weighted by atomic mass is 16.6. The Balaban J connectivity index is 4.59. The summed E-state index contributed by atoms with van der Waals surface area (Å²) in [6.07, 6.45) is 0.671. The fraction of sp³-hybridized carbons (Fsp3) is 1.00. The summed E-state index contributed by atoms with van der Waals surface area (Å²) >= 11 is 0. The largest absolute Gasteiger partial charge is 0.551 e. The standard InChI is InChI=1S/C11H30B3N3O4/c1-6-11(21-14(19)17-9-4)13(16-8-3)20-10(5)12(18)15-7-2/h10-11,15-19H,6-9H2,1-5H3. The van der Waals surface area contributed by atoms with Crippen LogP contribution < -0.4 is 15.7 Å². The van der Waals surface area contributed by atoms with Gasteiger partial charge in [-0.2, -0.15) is 0 Å². The van der Waals surface area contributed by atoms with Crippen molar-refractivity contribution in [3.8, 4) is 0 Å².